The maximum absolute atomic E-state index is 13.5. The second-order valence-corrected chi connectivity index (χ2v) is 10.4. The maximum atomic E-state index is 13.5. The van der Waals surface area contributed by atoms with Gasteiger partial charge < -0.3 is 14.8 Å². The zero-order valence-corrected chi connectivity index (χ0v) is 22.0. The van der Waals surface area contributed by atoms with Crippen molar-refractivity contribution in [2.24, 2.45) is 0 Å². The zero-order valence-electron chi connectivity index (χ0n) is 21.2. The van der Waals surface area contributed by atoms with Crippen LogP contribution >= 0.6 is 0 Å². The molecule has 3 aromatic rings. The molecule has 0 aliphatic carbocycles. The third kappa shape index (κ3) is 6.79. The topological polar surface area (TPSA) is 84.9 Å². The lowest BCUT2D eigenvalue weighted by atomic mass is 10.0. The molecule has 0 atom stereocenters. The molecule has 0 radical (unpaired) electrons. The van der Waals surface area contributed by atoms with Crippen LogP contribution in [0.4, 0.5) is 5.69 Å². The summed E-state index contributed by atoms with van der Waals surface area (Å²) in [6.45, 7) is 8.79. The molecule has 36 heavy (non-hydrogen) atoms. The van der Waals surface area contributed by atoms with Crippen LogP contribution in [0.15, 0.2) is 77.7 Å². The Hall–Kier alpha value is -3.52. The molecule has 0 heterocycles. The molecule has 0 bridgehead atoms. The molecule has 8 heteroatoms. The second-order valence-electron chi connectivity index (χ2n) is 8.49. The number of nitrogens with zero attached hydrogens (tertiary/aromatic N) is 1. The van der Waals surface area contributed by atoms with E-state index < -0.39 is 15.9 Å². The summed E-state index contributed by atoms with van der Waals surface area (Å²) >= 11 is 0. The average Bonchev–Trinajstić information content (AvgIpc) is 2.88. The van der Waals surface area contributed by atoms with Gasteiger partial charge in [0.25, 0.3) is 10.0 Å². The van der Waals surface area contributed by atoms with Crippen LogP contribution in [0.1, 0.15) is 44.7 Å². The van der Waals surface area contributed by atoms with E-state index in [2.05, 4.69) is 19.2 Å². The van der Waals surface area contributed by atoms with Crippen molar-refractivity contribution >= 4 is 21.6 Å². The number of benzene rings is 3. The van der Waals surface area contributed by atoms with E-state index in [0.29, 0.717) is 36.3 Å². The highest BCUT2D eigenvalue weighted by Crippen LogP contribution is 2.29. The third-order valence-corrected chi connectivity index (χ3v) is 7.35. The monoisotopic (exact) mass is 510 g/mol. The number of hydrogen-bond donors (Lipinski definition) is 1. The second kappa shape index (κ2) is 12.4. The predicted molar refractivity (Wildman–Crippen MR) is 142 cm³/mol. The van der Waals surface area contributed by atoms with Crippen molar-refractivity contribution in [1.82, 2.24) is 5.32 Å². The quantitative estimate of drug-likeness (QED) is 0.366. The van der Waals surface area contributed by atoms with Crippen molar-refractivity contribution in [2.75, 3.05) is 24.1 Å². The lowest BCUT2D eigenvalue weighted by molar-refractivity contribution is -0.119. The first-order valence-corrected chi connectivity index (χ1v) is 13.5. The Kier molecular flexibility index (Phi) is 9.36. The average molecular weight is 511 g/mol. The van der Waals surface area contributed by atoms with Gasteiger partial charge in [-0.3, -0.25) is 9.10 Å². The fourth-order valence-electron chi connectivity index (χ4n) is 3.65. The first kappa shape index (κ1) is 27.1. The molecular weight excluding hydrogens is 476 g/mol. The minimum absolute atomic E-state index is 0.124. The van der Waals surface area contributed by atoms with Gasteiger partial charge in [0.05, 0.1) is 23.8 Å². The van der Waals surface area contributed by atoms with E-state index >= 15 is 0 Å². The summed E-state index contributed by atoms with van der Waals surface area (Å²) < 4.78 is 39.4. The van der Waals surface area contributed by atoms with Crippen LogP contribution in [0, 0.1) is 0 Å². The van der Waals surface area contributed by atoms with E-state index in [4.69, 9.17) is 9.47 Å². The standard InChI is InChI=1S/C28H34N2O5S/c1-5-34-26-17-12-22(18-27(26)35-6-2)19-29-28(31)20-30(24-15-13-23(14-16-24)21(3)4)36(32,33)25-10-8-7-9-11-25/h7-18,21H,5-6,19-20H2,1-4H3,(H,29,31). The van der Waals surface area contributed by atoms with Crippen LogP contribution in [0.2, 0.25) is 0 Å². The largest absolute Gasteiger partial charge is 0.490 e. The van der Waals surface area contributed by atoms with Gasteiger partial charge in [-0.25, -0.2) is 8.42 Å². The lowest BCUT2D eigenvalue weighted by Crippen LogP contribution is -2.40. The van der Waals surface area contributed by atoms with Gasteiger partial charge in [-0.2, -0.15) is 0 Å². The summed E-state index contributed by atoms with van der Waals surface area (Å²) in [7, 11) is -3.96. The number of carbonyl (C=O) groups is 1. The molecule has 3 aromatic carbocycles. The van der Waals surface area contributed by atoms with Crippen LogP contribution in [-0.4, -0.2) is 34.1 Å². The van der Waals surface area contributed by atoms with Crippen molar-refractivity contribution in [2.45, 2.75) is 45.1 Å². The highest BCUT2D eigenvalue weighted by atomic mass is 32.2. The number of sulfonamides is 1. The van der Waals surface area contributed by atoms with Crippen LogP contribution < -0.4 is 19.1 Å². The molecule has 7 nitrogen and oxygen atoms in total. The van der Waals surface area contributed by atoms with Gasteiger partial charge in [-0.05, 0) is 67.3 Å². The number of rotatable bonds is 12. The molecule has 0 aliphatic heterocycles. The summed E-state index contributed by atoms with van der Waals surface area (Å²) in [5.41, 5.74) is 2.33. The fraction of sp³-hybridized carbons (Fsp3) is 0.321. The highest BCUT2D eigenvalue weighted by Gasteiger charge is 2.27. The van der Waals surface area contributed by atoms with Crippen molar-refractivity contribution in [3.63, 3.8) is 0 Å². The summed E-state index contributed by atoms with van der Waals surface area (Å²) in [4.78, 5) is 13.1. The molecule has 3 rings (SSSR count). The van der Waals surface area contributed by atoms with Crippen LogP contribution in [0.25, 0.3) is 0 Å². The molecular formula is C28H34N2O5S. The van der Waals surface area contributed by atoms with Gasteiger partial charge in [0.15, 0.2) is 11.5 Å². The van der Waals surface area contributed by atoms with Gasteiger partial charge in [0.1, 0.15) is 6.54 Å². The molecule has 192 valence electrons. The van der Waals surface area contributed by atoms with Crippen LogP contribution in [0.3, 0.4) is 0 Å². The first-order valence-electron chi connectivity index (χ1n) is 12.1. The lowest BCUT2D eigenvalue weighted by Gasteiger charge is -2.24. The number of hydrogen-bond acceptors (Lipinski definition) is 5. The smallest absolute Gasteiger partial charge is 0.264 e. The van der Waals surface area contributed by atoms with Gasteiger partial charge in [-0.1, -0.05) is 50.2 Å². The number of amides is 1. The Morgan fingerprint density at radius 1 is 0.889 bits per heavy atom. The molecule has 0 spiro atoms. The van der Waals surface area contributed by atoms with E-state index in [0.717, 1.165) is 15.4 Å². The fourth-order valence-corrected chi connectivity index (χ4v) is 5.09. The summed E-state index contributed by atoms with van der Waals surface area (Å²) in [5.74, 6) is 1.12. The minimum atomic E-state index is -3.96. The number of carbonyl (C=O) groups excluding carboxylic acids is 1. The van der Waals surface area contributed by atoms with E-state index in [9.17, 15) is 13.2 Å². The molecule has 0 aliphatic rings. The molecule has 0 saturated heterocycles. The van der Waals surface area contributed by atoms with Crippen LogP contribution in [0.5, 0.6) is 11.5 Å². The number of anilines is 1. The first-order chi connectivity index (χ1) is 17.3. The molecule has 1 N–H and O–H groups in total. The Bertz CT molecular complexity index is 1240. The van der Waals surface area contributed by atoms with Crippen molar-refractivity contribution in [1.29, 1.82) is 0 Å². The molecule has 1 amide bonds. The molecule has 0 unspecified atom stereocenters. The third-order valence-electron chi connectivity index (χ3n) is 5.56. The molecule has 0 fully saturated rings. The highest BCUT2D eigenvalue weighted by molar-refractivity contribution is 7.92. The normalized spacial score (nSPS) is 11.2. The SMILES string of the molecule is CCOc1ccc(CNC(=O)CN(c2ccc(C(C)C)cc2)S(=O)(=O)c2ccccc2)cc1OCC. The van der Waals surface area contributed by atoms with E-state index in [1.54, 1.807) is 36.4 Å². The Morgan fingerprint density at radius 2 is 1.53 bits per heavy atom. The Labute approximate surface area is 214 Å². The van der Waals surface area contributed by atoms with Crippen molar-refractivity contribution in [3.05, 3.63) is 83.9 Å². The van der Waals surface area contributed by atoms with Crippen molar-refractivity contribution in [3.8, 4) is 11.5 Å². The summed E-state index contributed by atoms with van der Waals surface area (Å²) in [6.07, 6.45) is 0. The van der Waals surface area contributed by atoms with E-state index in [1.807, 2.05) is 38.1 Å². The Morgan fingerprint density at radius 3 is 2.14 bits per heavy atom. The maximum Gasteiger partial charge on any atom is 0.264 e. The minimum Gasteiger partial charge on any atom is -0.490 e. The van der Waals surface area contributed by atoms with Gasteiger partial charge in [0.2, 0.25) is 5.91 Å². The molecule has 0 aromatic heterocycles. The zero-order chi connectivity index (χ0) is 26.1. The van der Waals surface area contributed by atoms with Gasteiger partial charge in [-0.15, -0.1) is 0 Å². The van der Waals surface area contributed by atoms with Gasteiger partial charge >= 0.3 is 0 Å². The van der Waals surface area contributed by atoms with Crippen molar-refractivity contribution < 1.29 is 22.7 Å². The Balaban J connectivity index is 1.81. The van der Waals surface area contributed by atoms with E-state index in [-0.39, 0.29) is 18.0 Å². The molecule has 0 saturated carbocycles. The number of ether oxygens (including phenoxy) is 2. The van der Waals surface area contributed by atoms with E-state index in [1.165, 1.54) is 12.1 Å². The number of nitrogens with one attached hydrogen (secondary N) is 1. The summed E-state index contributed by atoms with van der Waals surface area (Å²) in [5, 5.41) is 2.83. The van der Waals surface area contributed by atoms with Gasteiger partial charge in [0, 0.05) is 6.54 Å². The predicted octanol–water partition coefficient (Wildman–Crippen LogP) is 5.12. The summed E-state index contributed by atoms with van der Waals surface area (Å²) in [6, 6.07) is 20.8. The van der Waals surface area contributed by atoms with Crippen LogP contribution in [-0.2, 0) is 21.4 Å².